The molecule has 1 N–H and O–H groups in total. The first-order valence-electron chi connectivity index (χ1n) is 7.85. The van der Waals surface area contributed by atoms with Gasteiger partial charge in [-0.3, -0.25) is 4.79 Å². The number of fused-ring (bicyclic) bond motifs is 1. The summed E-state index contributed by atoms with van der Waals surface area (Å²) >= 11 is 3.40. The van der Waals surface area contributed by atoms with Crippen molar-refractivity contribution in [3.8, 4) is 0 Å². The van der Waals surface area contributed by atoms with E-state index in [1.807, 2.05) is 24.3 Å². The zero-order valence-electron chi connectivity index (χ0n) is 13.8. The number of carbonyl (C=O) groups is 1. The van der Waals surface area contributed by atoms with Gasteiger partial charge < -0.3 is 5.32 Å². The van der Waals surface area contributed by atoms with E-state index in [1.165, 1.54) is 6.33 Å². The molecule has 8 heteroatoms. The van der Waals surface area contributed by atoms with Gasteiger partial charge in [-0.15, -0.1) is 0 Å². The van der Waals surface area contributed by atoms with Crippen LogP contribution in [-0.4, -0.2) is 21.9 Å². The summed E-state index contributed by atoms with van der Waals surface area (Å²) in [5.74, 6) is -0.0942. The third-order valence-electron chi connectivity index (χ3n) is 3.62. The second-order valence-electron chi connectivity index (χ2n) is 5.73. The Kier molecular flexibility index (Phi) is 5.55. The number of anilines is 2. The fourth-order valence-electron chi connectivity index (χ4n) is 2.46. The predicted octanol–water partition coefficient (Wildman–Crippen LogP) is 5.37. The number of rotatable bonds is 5. The zero-order valence-corrected chi connectivity index (χ0v) is 15.4. The molecule has 0 amide bonds. The molecule has 4 nitrogen and oxygen atoms in total. The highest BCUT2D eigenvalue weighted by Gasteiger charge is 2.22. The maximum Gasteiger partial charge on any atom is 0.409 e. The van der Waals surface area contributed by atoms with Crippen LogP contribution >= 0.6 is 15.9 Å². The lowest BCUT2D eigenvalue weighted by Gasteiger charge is -2.10. The van der Waals surface area contributed by atoms with Crippen molar-refractivity contribution in [2.24, 2.45) is 0 Å². The number of hydrogen-bond acceptors (Lipinski definition) is 4. The predicted molar refractivity (Wildman–Crippen MR) is 101 cm³/mol. The van der Waals surface area contributed by atoms with E-state index in [0.717, 1.165) is 10.2 Å². The molecular weight excluding hydrogens is 423 g/mol. The van der Waals surface area contributed by atoms with Gasteiger partial charge in [-0.25, -0.2) is 9.97 Å². The molecule has 0 unspecified atom stereocenters. The highest BCUT2D eigenvalue weighted by atomic mass is 79.9. The molecule has 1 aromatic heterocycles. The van der Waals surface area contributed by atoms with Gasteiger partial charge in [-0.1, -0.05) is 28.1 Å². The Hall–Kier alpha value is -2.74. The molecular formula is C19H13BrF3N3O. The number of carbonyl (C=O) groups excluding carboxylic acids is 1. The summed E-state index contributed by atoms with van der Waals surface area (Å²) in [4.78, 5) is 20.2. The molecule has 0 aliphatic carbocycles. The van der Waals surface area contributed by atoms with E-state index in [1.54, 1.807) is 18.2 Å². The summed E-state index contributed by atoms with van der Waals surface area (Å²) in [5.41, 5.74) is 2.04. The van der Waals surface area contributed by atoms with Crippen LogP contribution in [0.3, 0.4) is 0 Å². The molecule has 0 saturated heterocycles. The normalized spacial score (nSPS) is 11.9. The zero-order chi connectivity index (χ0) is 19.4. The lowest BCUT2D eigenvalue weighted by atomic mass is 10.1. The molecule has 0 atom stereocenters. The molecule has 0 radical (unpaired) electrons. The van der Waals surface area contributed by atoms with Gasteiger partial charge in [-0.2, -0.15) is 13.2 Å². The molecule has 0 saturated carbocycles. The molecule has 0 bridgehead atoms. The van der Waals surface area contributed by atoms with E-state index >= 15 is 0 Å². The minimum absolute atomic E-state index is 0.0558. The summed E-state index contributed by atoms with van der Waals surface area (Å²) in [6.45, 7) is 0. The SMILES string of the molecule is O=C(/C=C/C(F)(F)F)Cc1ccc2ncnc(Nc3cccc(Br)c3)c2c1. The second kappa shape index (κ2) is 7.87. The van der Waals surface area contributed by atoms with E-state index < -0.39 is 12.0 Å². The molecule has 1 heterocycles. The van der Waals surface area contributed by atoms with Crippen LogP contribution in [0.2, 0.25) is 0 Å². The van der Waals surface area contributed by atoms with Gasteiger partial charge in [-0.05, 0) is 42.0 Å². The summed E-state index contributed by atoms with van der Waals surface area (Å²) in [7, 11) is 0. The van der Waals surface area contributed by atoms with Gasteiger partial charge in [0.15, 0.2) is 5.78 Å². The minimum atomic E-state index is -4.51. The standard InChI is InChI=1S/C19H13BrF3N3O/c20-13-2-1-3-14(10-13)26-18-16-9-12(4-5-17(16)24-11-25-18)8-15(27)6-7-19(21,22)23/h1-7,9-11H,8H2,(H,24,25,26)/b7-6+. The third-order valence-corrected chi connectivity index (χ3v) is 4.12. The van der Waals surface area contributed by atoms with E-state index in [-0.39, 0.29) is 12.5 Å². The van der Waals surface area contributed by atoms with E-state index in [0.29, 0.717) is 28.4 Å². The topological polar surface area (TPSA) is 54.9 Å². The maximum absolute atomic E-state index is 12.2. The van der Waals surface area contributed by atoms with Gasteiger partial charge in [0.2, 0.25) is 0 Å². The van der Waals surface area contributed by atoms with Crippen molar-refractivity contribution in [1.82, 2.24) is 9.97 Å². The minimum Gasteiger partial charge on any atom is -0.340 e. The summed E-state index contributed by atoms with van der Waals surface area (Å²) in [6.07, 6.45) is -2.74. The largest absolute Gasteiger partial charge is 0.409 e. The average Bonchev–Trinajstić information content (AvgIpc) is 2.60. The summed E-state index contributed by atoms with van der Waals surface area (Å²) in [6, 6.07) is 12.6. The number of halogens is 4. The molecule has 27 heavy (non-hydrogen) atoms. The lowest BCUT2D eigenvalue weighted by molar-refractivity contribution is -0.114. The van der Waals surface area contributed by atoms with Crippen LogP contribution in [0, 0.1) is 0 Å². The number of nitrogens with zero attached hydrogens (tertiary/aromatic N) is 2. The number of aromatic nitrogens is 2. The van der Waals surface area contributed by atoms with Crippen LogP contribution in [0.4, 0.5) is 24.7 Å². The lowest BCUT2D eigenvalue weighted by Crippen LogP contribution is -2.05. The van der Waals surface area contributed by atoms with E-state index in [2.05, 4.69) is 31.2 Å². The molecule has 0 aliphatic heterocycles. The summed E-state index contributed by atoms with van der Waals surface area (Å²) < 4.78 is 37.4. The Morgan fingerprint density at radius 2 is 1.96 bits per heavy atom. The van der Waals surface area contributed by atoms with Crippen LogP contribution in [0.15, 0.2) is 65.4 Å². The third kappa shape index (κ3) is 5.37. The monoisotopic (exact) mass is 435 g/mol. The van der Waals surface area contributed by atoms with Gasteiger partial charge >= 0.3 is 6.18 Å². The Labute approximate surface area is 161 Å². The molecule has 0 spiro atoms. The Balaban J connectivity index is 1.87. The van der Waals surface area contributed by atoms with Crippen molar-refractivity contribution in [2.45, 2.75) is 12.6 Å². The quantitative estimate of drug-likeness (QED) is 0.547. The molecule has 3 aromatic rings. The number of nitrogens with one attached hydrogen (secondary N) is 1. The summed E-state index contributed by atoms with van der Waals surface area (Å²) in [5, 5.41) is 3.85. The average molecular weight is 436 g/mol. The first-order valence-corrected chi connectivity index (χ1v) is 8.64. The van der Waals surface area contributed by atoms with Crippen molar-refractivity contribution >= 4 is 44.1 Å². The second-order valence-corrected chi connectivity index (χ2v) is 6.64. The van der Waals surface area contributed by atoms with Crippen molar-refractivity contribution in [3.05, 3.63) is 71.0 Å². The van der Waals surface area contributed by atoms with Crippen LogP contribution < -0.4 is 5.32 Å². The smallest absolute Gasteiger partial charge is 0.340 e. The van der Waals surface area contributed by atoms with Crippen molar-refractivity contribution in [1.29, 1.82) is 0 Å². The molecule has 138 valence electrons. The highest BCUT2D eigenvalue weighted by molar-refractivity contribution is 9.10. The van der Waals surface area contributed by atoms with Crippen LogP contribution in [0.25, 0.3) is 10.9 Å². The van der Waals surface area contributed by atoms with Crippen LogP contribution in [0.5, 0.6) is 0 Å². The van der Waals surface area contributed by atoms with Crippen molar-refractivity contribution < 1.29 is 18.0 Å². The number of ketones is 1. The van der Waals surface area contributed by atoms with Gasteiger partial charge in [0.05, 0.1) is 5.52 Å². The number of benzene rings is 2. The Morgan fingerprint density at radius 1 is 1.15 bits per heavy atom. The fourth-order valence-corrected chi connectivity index (χ4v) is 2.86. The van der Waals surface area contributed by atoms with E-state index in [4.69, 9.17) is 0 Å². The first-order chi connectivity index (χ1) is 12.8. The van der Waals surface area contributed by atoms with E-state index in [9.17, 15) is 18.0 Å². The van der Waals surface area contributed by atoms with Crippen molar-refractivity contribution in [3.63, 3.8) is 0 Å². The Bertz CT molecular complexity index is 1020. The molecule has 0 aliphatic rings. The maximum atomic E-state index is 12.2. The fraction of sp³-hybridized carbons (Fsp3) is 0.105. The van der Waals surface area contributed by atoms with Crippen LogP contribution in [-0.2, 0) is 11.2 Å². The first kappa shape index (κ1) is 19.0. The number of alkyl halides is 3. The van der Waals surface area contributed by atoms with Gasteiger partial charge in [0.25, 0.3) is 0 Å². The molecule has 2 aromatic carbocycles. The molecule has 0 fully saturated rings. The molecule has 3 rings (SSSR count). The number of allylic oxidation sites excluding steroid dienone is 2. The van der Waals surface area contributed by atoms with Crippen molar-refractivity contribution in [2.75, 3.05) is 5.32 Å². The van der Waals surface area contributed by atoms with Crippen LogP contribution in [0.1, 0.15) is 5.56 Å². The van der Waals surface area contributed by atoms with Gasteiger partial charge in [0, 0.05) is 28.0 Å². The van der Waals surface area contributed by atoms with Gasteiger partial charge in [0.1, 0.15) is 12.1 Å². The Morgan fingerprint density at radius 3 is 2.70 bits per heavy atom. The highest BCUT2D eigenvalue weighted by Crippen LogP contribution is 2.26. The number of hydrogen-bond donors (Lipinski definition) is 1.